The second kappa shape index (κ2) is 4.78. The topological polar surface area (TPSA) is 29.3 Å². The fourth-order valence-electron chi connectivity index (χ4n) is 2.50. The van der Waals surface area contributed by atoms with Crippen LogP contribution in [0.5, 0.6) is 0 Å². The minimum absolute atomic E-state index is 0.747. The average Bonchev–Trinajstić information content (AvgIpc) is 2.71. The van der Waals surface area contributed by atoms with Crippen molar-refractivity contribution < 1.29 is 0 Å². The number of aromatic nitrogens is 2. The molecule has 3 nitrogen and oxygen atoms in total. The predicted molar refractivity (Wildman–Crippen MR) is 72.2 cm³/mol. The molecule has 1 atom stereocenters. The summed E-state index contributed by atoms with van der Waals surface area (Å²) < 4.78 is 3.18. The molecule has 1 aliphatic rings. The highest BCUT2D eigenvalue weighted by molar-refractivity contribution is 9.10. The average molecular weight is 294 g/mol. The Hall–Kier alpha value is -0.870. The van der Waals surface area contributed by atoms with Crippen LogP contribution in [0.25, 0.3) is 5.65 Å². The molecule has 0 saturated carbocycles. The Morgan fingerprint density at radius 1 is 1.53 bits per heavy atom. The van der Waals surface area contributed by atoms with Gasteiger partial charge >= 0.3 is 0 Å². The summed E-state index contributed by atoms with van der Waals surface area (Å²) in [6.45, 7) is 2.31. The number of imidazole rings is 1. The number of hydrogen-bond acceptors (Lipinski definition) is 2. The molecule has 1 fully saturated rings. The van der Waals surface area contributed by atoms with Crippen molar-refractivity contribution in [2.45, 2.75) is 19.3 Å². The van der Waals surface area contributed by atoms with Crippen LogP contribution in [0.15, 0.2) is 29.0 Å². The summed E-state index contributed by atoms with van der Waals surface area (Å²) in [6.07, 6.45) is 7.91. The molecule has 0 bridgehead atoms. The summed E-state index contributed by atoms with van der Waals surface area (Å²) in [7, 11) is 0. The first-order valence-corrected chi connectivity index (χ1v) is 6.94. The molecule has 2 aromatic heterocycles. The van der Waals surface area contributed by atoms with Crippen molar-refractivity contribution in [2.75, 3.05) is 13.1 Å². The summed E-state index contributed by atoms with van der Waals surface area (Å²) in [6, 6.07) is 4.10. The van der Waals surface area contributed by atoms with Crippen LogP contribution in [0.2, 0.25) is 0 Å². The van der Waals surface area contributed by atoms with E-state index >= 15 is 0 Å². The van der Waals surface area contributed by atoms with E-state index in [0.29, 0.717) is 0 Å². The molecule has 3 heterocycles. The van der Waals surface area contributed by atoms with Gasteiger partial charge in [0, 0.05) is 16.9 Å². The Labute approximate surface area is 109 Å². The quantitative estimate of drug-likeness (QED) is 0.922. The van der Waals surface area contributed by atoms with E-state index in [1.54, 1.807) is 0 Å². The van der Waals surface area contributed by atoms with Gasteiger partial charge in [0.05, 0.1) is 5.69 Å². The van der Waals surface area contributed by atoms with Crippen LogP contribution in [0.1, 0.15) is 18.5 Å². The smallest absolute Gasteiger partial charge is 0.138 e. The molecule has 0 amide bonds. The lowest BCUT2D eigenvalue weighted by atomic mass is 9.95. The van der Waals surface area contributed by atoms with Gasteiger partial charge < -0.3 is 9.72 Å². The van der Waals surface area contributed by atoms with Crippen LogP contribution in [-0.4, -0.2) is 22.5 Å². The Kier molecular flexibility index (Phi) is 3.16. The highest BCUT2D eigenvalue weighted by atomic mass is 79.9. The van der Waals surface area contributed by atoms with Gasteiger partial charge in [0.1, 0.15) is 5.65 Å². The van der Waals surface area contributed by atoms with E-state index in [9.17, 15) is 0 Å². The van der Waals surface area contributed by atoms with Crippen LogP contribution in [-0.2, 0) is 6.42 Å². The van der Waals surface area contributed by atoms with Crippen LogP contribution in [0, 0.1) is 5.92 Å². The second-order valence-electron chi connectivity index (χ2n) is 4.76. The third-order valence-corrected chi connectivity index (χ3v) is 3.86. The van der Waals surface area contributed by atoms with Crippen molar-refractivity contribution in [3.8, 4) is 0 Å². The fourth-order valence-corrected chi connectivity index (χ4v) is 2.82. The maximum atomic E-state index is 4.67. The Balaban J connectivity index is 1.80. The number of nitrogens with zero attached hydrogens (tertiary/aromatic N) is 2. The van der Waals surface area contributed by atoms with Crippen LogP contribution in [0.4, 0.5) is 0 Å². The predicted octanol–water partition coefficient (Wildman–Crippen LogP) is 2.64. The number of nitrogens with one attached hydrogen (secondary N) is 1. The summed E-state index contributed by atoms with van der Waals surface area (Å²) >= 11 is 3.48. The Bertz CT molecular complexity index is 514. The fraction of sp³-hybridized carbons (Fsp3) is 0.462. The number of fused-ring (bicyclic) bond motifs is 1. The third kappa shape index (κ3) is 2.53. The van der Waals surface area contributed by atoms with Gasteiger partial charge in [-0.25, -0.2) is 4.98 Å². The summed E-state index contributed by atoms with van der Waals surface area (Å²) in [5.41, 5.74) is 2.23. The van der Waals surface area contributed by atoms with E-state index in [1.165, 1.54) is 25.1 Å². The minimum atomic E-state index is 0.747. The number of pyridine rings is 1. The van der Waals surface area contributed by atoms with Crippen molar-refractivity contribution in [2.24, 2.45) is 5.92 Å². The normalized spacial score (nSPS) is 20.9. The molecule has 0 aromatic carbocycles. The molecule has 0 spiro atoms. The number of halogens is 1. The Morgan fingerprint density at radius 2 is 2.47 bits per heavy atom. The lowest BCUT2D eigenvalue weighted by molar-refractivity contribution is 0.374. The van der Waals surface area contributed by atoms with Gasteiger partial charge in [-0.15, -0.1) is 0 Å². The second-order valence-corrected chi connectivity index (χ2v) is 5.67. The maximum absolute atomic E-state index is 4.67. The number of piperidine rings is 1. The molecular weight excluding hydrogens is 278 g/mol. The molecule has 4 heteroatoms. The van der Waals surface area contributed by atoms with E-state index in [2.05, 4.69) is 49.1 Å². The summed E-state index contributed by atoms with van der Waals surface area (Å²) in [5.74, 6) is 0.747. The Morgan fingerprint density at radius 3 is 3.29 bits per heavy atom. The van der Waals surface area contributed by atoms with E-state index in [-0.39, 0.29) is 0 Å². The van der Waals surface area contributed by atoms with Crippen molar-refractivity contribution in [1.29, 1.82) is 0 Å². The lowest BCUT2D eigenvalue weighted by Crippen LogP contribution is -2.30. The van der Waals surface area contributed by atoms with E-state index < -0.39 is 0 Å². The molecule has 1 aliphatic heterocycles. The zero-order valence-corrected chi connectivity index (χ0v) is 11.3. The van der Waals surface area contributed by atoms with Gasteiger partial charge in [0.2, 0.25) is 0 Å². The molecule has 17 heavy (non-hydrogen) atoms. The van der Waals surface area contributed by atoms with Crippen molar-refractivity contribution in [3.63, 3.8) is 0 Å². The van der Waals surface area contributed by atoms with Gasteiger partial charge in [-0.05, 0) is 50.4 Å². The zero-order valence-electron chi connectivity index (χ0n) is 9.69. The lowest BCUT2D eigenvalue weighted by Gasteiger charge is -2.21. The van der Waals surface area contributed by atoms with Gasteiger partial charge in [0.25, 0.3) is 0 Å². The highest BCUT2D eigenvalue weighted by Crippen LogP contribution is 2.18. The van der Waals surface area contributed by atoms with Crippen LogP contribution in [0.3, 0.4) is 0 Å². The van der Waals surface area contributed by atoms with E-state index in [0.717, 1.165) is 29.0 Å². The van der Waals surface area contributed by atoms with Gasteiger partial charge in [-0.1, -0.05) is 15.9 Å². The van der Waals surface area contributed by atoms with Crippen molar-refractivity contribution in [3.05, 3.63) is 34.7 Å². The zero-order chi connectivity index (χ0) is 11.7. The molecular formula is C13H16BrN3. The first-order valence-electron chi connectivity index (χ1n) is 6.15. The largest absolute Gasteiger partial charge is 0.316 e. The van der Waals surface area contributed by atoms with Gasteiger partial charge in [0.15, 0.2) is 0 Å². The van der Waals surface area contributed by atoms with E-state index in [4.69, 9.17) is 0 Å². The molecule has 1 N–H and O–H groups in total. The minimum Gasteiger partial charge on any atom is -0.316 e. The molecule has 90 valence electrons. The summed E-state index contributed by atoms with van der Waals surface area (Å²) in [4.78, 5) is 4.67. The maximum Gasteiger partial charge on any atom is 0.138 e. The first-order chi connectivity index (χ1) is 8.31. The molecule has 2 aromatic rings. The van der Waals surface area contributed by atoms with Crippen molar-refractivity contribution in [1.82, 2.24) is 14.7 Å². The highest BCUT2D eigenvalue weighted by Gasteiger charge is 2.15. The molecule has 0 aliphatic carbocycles. The molecule has 1 saturated heterocycles. The third-order valence-electron chi connectivity index (χ3n) is 3.37. The van der Waals surface area contributed by atoms with Gasteiger partial charge in [-0.3, -0.25) is 0 Å². The van der Waals surface area contributed by atoms with Crippen molar-refractivity contribution >= 4 is 21.6 Å². The van der Waals surface area contributed by atoms with Gasteiger partial charge in [-0.2, -0.15) is 0 Å². The van der Waals surface area contributed by atoms with E-state index in [1.807, 2.05) is 6.07 Å². The number of hydrogen-bond donors (Lipinski definition) is 1. The van der Waals surface area contributed by atoms with Crippen LogP contribution < -0.4 is 5.32 Å². The molecule has 3 rings (SSSR count). The first kappa shape index (κ1) is 11.2. The summed E-state index contributed by atoms with van der Waals surface area (Å²) in [5, 5.41) is 3.46. The standard InChI is InChI=1S/C13H16BrN3/c14-11-3-5-17-9-12(16-13(17)7-11)6-10-2-1-4-15-8-10/h3,5,7,9-10,15H,1-2,4,6,8H2. The monoisotopic (exact) mass is 293 g/mol. The SMILES string of the molecule is Brc1ccn2cc(CC3CCCNC3)nc2c1. The van der Waals surface area contributed by atoms with Crippen LogP contribution >= 0.6 is 15.9 Å². The number of rotatable bonds is 2. The molecule has 1 unspecified atom stereocenters. The molecule has 0 radical (unpaired) electrons.